The molecule has 0 spiro atoms. The quantitative estimate of drug-likeness (QED) is 0.398. The van der Waals surface area contributed by atoms with Gasteiger partial charge in [-0.2, -0.15) is 0 Å². The first-order chi connectivity index (χ1) is 4.27. The summed E-state index contributed by atoms with van der Waals surface area (Å²) in [6, 6.07) is 0. The Labute approximate surface area is 58.3 Å². The zero-order chi connectivity index (χ0) is 7.11. The SMILES string of the molecule is C=C(C)CCC/C=C/C. The van der Waals surface area contributed by atoms with E-state index in [4.69, 9.17) is 0 Å². The van der Waals surface area contributed by atoms with E-state index in [2.05, 4.69) is 32.6 Å². The van der Waals surface area contributed by atoms with Crippen LogP contribution in [-0.2, 0) is 0 Å². The molecule has 0 bridgehead atoms. The Balaban J connectivity index is 3.01. The molecule has 0 heteroatoms. The molecule has 0 rings (SSSR count). The lowest BCUT2D eigenvalue weighted by molar-refractivity contribution is 0.834. The molecule has 0 aromatic heterocycles. The lowest BCUT2D eigenvalue weighted by atomic mass is 10.1. The molecule has 0 N–H and O–H groups in total. The van der Waals surface area contributed by atoms with E-state index in [1.165, 1.54) is 24.8 Å². The second-order valence-electron chi connectivity index (χ2n) is 2.42. The molecule has 0 saturated carbocycles. The molecule has 0 unspecified atom stereocenters. The minimum atomic E-state index is 1.17. The maximum Gasteiger partial charge on any atom is -0.0323 e. The summed E-state index contributed by atoms with van der Waals surface area (Å²) in [5.41, 5.74) is 1.29. The third-order valence-electron chi connectivity index (χ3n) is 1.21. The predicted molar refractivity (Wildman–Crippen MR) is 43.5 cm³/mol. The molecule has 0 radical (unpaired) electrons. The highest BCUT2D eigenvalue weighted by atomic mass is 13.9. The smallest absolute Gasteiger partial charge is 0.0323 e. The Bertz CT molecular complexity index is 98.6. The molecule has 0 atom stereocenters. The standard InChI is InChI=1S/C9H16/c1-4-5-6-7-8-9(2)3/h4-5H,2,6-8H2,1,3H3/b5-4+. The Morgan fingerprint density at radius 2 is 2.22 bits per heavy atom. The van der Waals surface area contributed by atoms with Crippen LogP contribution in [0.5, 0.6) is 0 Å². The number of unbranched alkanes of at least 4 members (excludes halogenated alkanes) is 1. The van der Waals surface area contributed by atoms with E-state index >= 15 is 0 Å². The fraction of sp³-hybridized carbons (Fsp3) is 0.556. The van der Waals surface area contributed by atoms with E-state index in [1.807, 2.05) is 0 Å². The van der Waals surface area contributed by atoms with E-state index < -0.39 is 0 Å². The third kappa shape index (κ3) is 7.48. The van der Waals surface area contributed by atoms with E-state index in [-0.39, 0.29) is 0 Å². The maximum absolute atomic E-state index is 3.83. The van der Waals surface area contributed by atoms with E-state index in [9.17, 15) is 0 Å². The van der Waals surface area contributed by atoms with Crippen molar-refractivity contribution < 1.29 is 0 Å². The van der Waals surface area contributed by atoms with Gasteiger partial charge in [-0.05, 0) is 33.1 Å². The Morgan fingerprint density at radius 1 is 1.56 bits per heavy atom. The van der Waals surface area contributed by atoms with Crippen molar-refractivity contribution in [2.45, 2.75) is 33.1 Å². The summed E-state index contributed by atoms with van der Waals surface area (Å²) in [5, 5.41) is 0. The van der Waals surface area contributed by atoms with Crippen LogP contribution in [0.2, 0.25) is 0 Å². The van der Waals surface area contributed by atoms with Gasteiger partial charge in [0.1, 0.15) is 0 Å². The topological polar surface area (TPSA) is 0 Å². The second kappa shape index (κ2) is 5.61. The van der Waals surface area contributed by atoms with Gasteiger partial charge in [0.2, 0.25) is 0 Å². The third-order valence-corrected chi connectivity index (χ3v) is 1.21. The van der Waals surface area contributed by atoms with Crippen molar-refractivity contribution in [1.82, 2.24) is 0 Å². The summed E-state index contributed by atoms with van der Waals surface area (Å²) in [6.07, 6.45) is 7.91. The molecule has 0 aromatic carbocycles. The first-order valence-electron chi connectivity index (χ1n) is 3.53. The van der Waals surface area contributed by atoms with Crippen LogP contribution >= 0.6 is 0 Å². The van der Waals surface area contributed by atoms with Gasteiger partial charge in [0.15, 0.2) is 0 Å². The van der Waals surface area contributed by atoms with Crippen LogP contribution in [-0.4, -0.2) is 0 Å². The van der Waals surface area contributed by atoms with E-state index in [1.54, 1.807) is 0 Å². The molecule has 0 saturated heterocycles. The zero-order valence-corrected chi connectivity index (χ0v) is 6.48. The average molecular weight is 124 g/mol. The van der Waals surface area contributed by atoms with Gasteiger partial charge in [-0.25, -0.2) is 0 Å². The molecule has 0 amide bonds. The Morgan fingerprint density at radius 3 is 2.67 bits per heavy atom. The van der Waals surface area contributed by atoms with Crippen molar-refractivity contribution >= 4 is 0 Å². The van der Waals surface area contributed by atoms with Gasteiger partial charge >= 0.3 is 0 Å². The molecule has 0 aliphatic carbocycles. The lowest BCUT2D eigenvalue weighted by Gasteiger charge is -1.93. The van der Waals surface area contributed by atoms with Gasteiger partial charge < -0.3 is 0 Å². The van der Waals surface area contributed by atoms with Gasteiger partial charge in [-0.1, -0.05) is 17.7 Å². The molecule has 0 aliphatic heterocycles. The Kier molecular flexibility index (Phi) is 5.29. The number of allylic oxidation sites excluding steroid dienone is 3. The highest BCUT2D eigenvalue weighted by Gasteiger charge is 1.83. The molecule has 52 valence electrons. The first-order valence-corrected chi connectivity index (χ1v) is 3.53. The Hall–Kier alpha value is -0.520. The molecule has 0 nitrogen and oxygen atoms in total. The monoisotopic (exact) mass is 124 g/mol. The highest BCUT2D eigenvalue weighted by Crippen LogP contribution is 2.03. The summed E-state index contributed by atoms with van der Waals surface area (Å²) in [6.45, 7) is 7.96. The molecular weight excluding hydrogens is 108 g/mol. The summed E-state index contributed by atoms with van der Waals surface area (Å²) >= 11 is 0. The molecule has 0 heterocycles. The van der Waals surface area contributed by atoms with Crippen molar-refractivity contribution in [2.75, 3.05) is 0 Å². The van der Waals surface area contributed by atoms with Gasteiger partial charge in [0, 0.05) is 0 Å². The van der Waals surface area contributed by atoms with Crippen LogP contribution in [0.3, 0.4) is 0 Å². The molecule has 0 fully saturated rings. The molecule has 0 aromatic rings. The van der Waals surface area contributed by atoms with Crippen LogP contribution < -0.4 is 0 Å². The molecule has 0 aliphatic rings. The summed E-state index contributed by atoms with van der Waals surface area (Å²) in [7, 11) is 0. The van der Waals surface area contributed by atoms with Crippen molar-refractivity contribution in [3.05, 3.63) is 24.3 Å². The minimum Gasteiger partial charge on any atom is -0.100 e. The van der Waals surface area contributed by atoms with E-state index in [0.29, 0.717) is 0 Å². The van der Waals surface area contributed by atoms with Crippen molar-refractivity contribution in [1.29, 1.82) is 0 Å². The fourth-order valence-corrected chi connectivity index (χ4v) is 0.688. The highest BCUT2D eigenvalue weighted by molar-refractivity contribution is 4.88. The normalized spacial score (nSPS) is 10.4. The maximum atomic E-state index is 3.83. The predicted octanol–water partition coefficient (Wildman–Crippen LogP) is 3.31. The van der Waals surface area contributed by atoms with E-state index in [0.717, 1.165) is 0 Å². The summed E-state index contributed by atoms with van der Waals surface area (Å²) in [4.78, 5) is 0. The van der Waals surface area contributed by atoms with Gasteiger partial charge in [-0.15, -0.1) is 6.58 Å². The largest absolute Gasteiger partial charge is 0.100 e. The number of hydrogen-bond acceptors (Lipinski definition) is 0. The first kappa shape index (κ1) is 8.48. The molecule has 9 heavy (non-hydrogen) atoms. The van der Waals surface area contributed by atoms with Crippen LogP contribution in [0.25, 0.3) is 0 Å². The van der Waals surface area contributed by atoms with Crippen LogP contribution in [0.4, 0.5) is 0 Å². The fourth-order valence-electron chi connectivity index (χ4n) is 0.688. The van der Waals surface area contributed by atoms with Crippen molar-refractivity contribution in [3.63, 3.8) is 0 Å². The van der Waals surface area contributed by atoms with Crippen molar-refractivity contribution in [2.24, 2.45) is 0 Å². The lowest BCUT2D eigenvalue weighted by Crippen LogP contribution is -1.73. The number of rotatable bonds is 4. The molecular formula is C9H16. The zero-order valence-electron chi connectivity index (χ0n) is 6.48. The summed E-state index contributed by atoms with van der Waals surface area (Å²) in [5.74, 6) is 0. The van der Waals surface area contributed by atoms with Crippen LogP contribution in [0.15, 0.2) is 24.3 Å². The van der Waals surface area contributed by atoms with Crippen LogP contribution in [0, 0.1) is 0 Å². The summed E-state index contributed by atoms with van der Waals surface area (Å²) < 4.78 is 0. The van der Waals surface area contributed by atoms with Gasteiger partial charge in [0.25, 0.3) is 0 Å². The van der Waals surface area contributed by atoms with Crippen LogP contribution in [0.1, 0.15) is 33.1 Å². The minimum absolute atomic E-state index is 1.17. The second-order valence-corrected chi connectivity index (χ2v) is 2.42. The van der Waals surface area contributed by atoms with Crippen molar-refractivity contribution in [3.8, 4) is 0 Å². The van der Waals surface area contributed by atoms with Gasteiger partial charge in [-0.3, -0.25) is 0 Å². The van der Waals surface area contributed by atoms with Gasteiger partial charge in [0.05, 0.1) is 0 Å². The average Bonchev–Trinajstić information content (AvgIpc) is 1.80. The number of hydrogen-bond donors (Lipinski definition) is 0.